The van der Waals surface area contributed by atoms with Crippen molar-refractivity contribution in [2.45, 2.75) is 18.7 Å². The van der Waals surface area contributed by atoms with Crippen LogP contribution < -0.4 is 4.74 Å². The van der Waals surface area contributed by atoms with Crippen LogP contribution in [-0.4, -0.2) is 19.4 Å². The molecular formula is C31H24N6O5S. The fourth-order valence-electron chi connectivity index (χ4n) is 4.04. The Kier molecular flexibility index (Phi) is 8.51. The van der Waals surface area contributed by atoms with E-state index in [1.54, 1.807) is 60.7 Å². The Morgan fingerprint density at radius 2 is 1.14 bits per heavy atom. The fourth-order valence-corrected chi connectivity index (χ4v) is 4.54. The molecule has 0 saturated heterocycles. The fraction of sp³-hybridized carbons (Fsp3) is 0.0645. The third-order valence-corrected chi connectivity index (χ3v) is 7.14. The van der Waals surface area contributed by atoms with Crippen molar-refractivity contribution < 1.29 is 22.5 Å². The number of carbonyl (C=O) groups excluding carboxylic acids is 1. The van der Waals surface area contributed by atoms with Crippen LogP contribution in [0.5, 0.6) is 5.75 Å². The third kappa shape index (κ3) is 7.25. The summed E-state index contributed by atoms with van der Waals surface area (Å²) >= 11 is 0. The van der Waals surface area contributed by atoms with Crippen LogP contribution in [0, 0.1) is 13.8 Å². The molecule has 0 aliphatic carbocycles. The van der Waals surface area contributed by atoms with Gasteiger partial charge in [-0.2, -0.15) is 28.9 Å². The van der Waals surface area contributed by atoms with Gasteiger partial charge in [-0.3, -0.25) is 9.35 Å². The minimum Gasteiger partial charge on any atom is -0.429 e. The lowest BCUT2D eigenvalue weighted by Gasteiger charge is -2.07. The Labute approximate surface area is 247 Å². The van der Waals surface area contributed by atoms with Gasteiger partial charge in [-0.1, -0.05) is 23.8 Å². The van der Waals surface area contributed by atoms with Crippen LogP contribution in [0.15, 0.2) is 133 Å². The van der Waals surface area contributed by atoms with Gasteiger partial charge in [-0.25, -0.2) is 0 Å². The maximum Gasteiger partial charge on any atom is 0.298 e. The summed E-state index contributed by atoms with van der Waals surface area (Å²) < 4.78 is 38.2. The largest absolute Gasteiger partial charge is 0.429 e. The molecular weight excluding hydrogens is 568 g/mol. The molecule has 0 bridgehead atoms. The van der Waals surface area contributed by atoms with Crippen molar-refractivity contribution in [3.8, 4) is 5.75 Å². The first-order valence-corrected chi connectivity index (χ1v) is 14.3. The Morgan fingerprint density at radius 1 is 0.605 bits per heavy atom. The van der Waals surface area contributed by atoms with E-state index < -0.39 is 10.1 Å². The van der Waals surface area contributed by atoms with Gasteiger partial charge in [0.05, 0.1) is 39.0 Å². The van der Waals surface area contributed by atoms with E-state index in [1.165, 1.54) is 12.1 Å². The molecule has 0 heterocycles. The summed E-state index contributed by atoms with van der Waals surface area (Å²) in [6, 6.07) is 26.9. The number of hydrogen-bond acceptors (Lipinski definition) is 10. The molecule has 5 rings (SSSR count). The monoisotopic (exact) mass is 592 g/mol. The van der Waals surface area contributed by atoms with Gasteiger partial charge in [0.1, 0.15) is 5.75 Å². The number of aryl methyl sites for hydroxylation is 2. The minimum atomic E-state index is -4.46. The average molecular weight is 593 g/mol. The number of ether oxygens (including phenoxy) is 1. The van der Waals surface area contributed by atoms with Gasteiger partial charge in [0, 0.05) is 10.8 Å². The van der Waals surface area contributed by atoms with Gasteiger partial charge in [0.15, 0.2) is 0 Å². The molecule has 0 radical (unpaired) electrons. The second kappa shape index (κ2) is 12.6. The number of hydrogen-bond donors (Lipinski definition) is 1. The minimum absolute atomic E-state index is 0.277. The predicted molar refractivity (Wildman–Crippen MR) is 162 cm³/mol. The van der Waals surface area contributed by atoms with Crippen molar-refractivity contribution in [2.24, 2.45) is 30.7 Å². The van der Waals surface area contributed by atoms with E-state index in [9.17, 15) is 17.8 Å². The molecule has 0 aromatic heterocycles. The highest BCUT2D eigenvalue weighted by Crippen LogP contribution is 2.37. The molecule has 12 heteroatoms. The summed E-state index contributed by atoms with van der Waals surface area (Å²) in [6.07, 6.45) is 0. The van der Waals surface area contributed by atoms with E-state index in [-0.39, 0.29) is 4.90 Å². The first kappa shape index (κ1) is 29.0. The number of nitrogens with zero attached hydrogens (tertiary/aromatic N) is 6. The summed E-state index contributed by atoms with van der Waals surface area (Å²) in [6.45, 7) is 4.19. The maximum atomic E-state index is 11.9. The second-order valence-corrected chi connectivity index (χ2v) is 10.8. The van der Waals surface area contributed by atoms with Crippen molar-refractivity contribution in [2.75, 3.05) is 0 Å². The van der Waals surface area contributed by atoms with E-state index >= 15 is 0 Å². The number of azo groups is 3. The predicted octanol–water partition coefficient (Wildman–Crippen LogP) is 9.48. The zero-order chi connectivity index (χ0) is 30.4. The molecule has 0 aliphatic heterocycles. The van der Waals surface area contributed by atoms with Crippen LogP contribution in [0.3, 0.4) is 0 Å². The second-order valence-electron chi connectivity index (χ2n) is 9.40. The SMILES string of the molecule is Cc1ccc(N=Nc2ccc(N=Nc3ccc(N=Nc4ccc(OC=O)cc4)c(C)c3)c3cc(S(=O)(=O)O)ccc23)cc1. The van der Waals surface area contributed by atoms with Crippen molar-refractivity contribution in [3.05, 3.63) is 108 Å². The quantitative estimate of drug-likeness (QED) is 0.102. The van der Waals surface area contributed by atoms with Crippen molar-refractivity contribution in [3.63, 3.8) is 0 Å². The smallest absolute Gasteiger partial charge is 0.298 e. The van der Waals surface area contributed by atoms with Crippen molar-refractivity contribution in [1.82, 2.24) is 0 Å². The summed E-state index contributed by atoms with van der Waals surface area (Å²) in [4.78, 5) is 10.2. The van der Waals surface area contributed by atoms with E-state index in [0.717, 1.165) is 11.1 Å². The summed E-state index contributed by atoms with van der Waals surface area (Å²) in [5.41, 5.74) is 5.17. The molecule has 1 N–H and O–H groups in total. The molecule has 43 heavy (non-hydrogen) atoms. The highest BCUT2D eigenvalue weighted by atomic mass is 32.2. The molecule has 0 aliphatic rings. The number of fused-ring (bicyclic) bond motifs is 1. The molecule has 0 saturated carbocycles. The van der Waals surface area contributed by atoms with Crippen LogP contribution in [0.1, 0.15) is 11.1 Å². The molecule has 5 aromatic carbocycles. The molecule has 0 spiro atoms. The average Bonchev–Trinajstić information content (AvgIpc) is 2.99. The standard InChI is InChI=1S/C31H24N6O5S/c1-20-3-5-22(6-4-20)33-36-30-15-16-31(28-18-26(43(39,40)41)12-13-27(28)30)37-34-24-9-14-29(21(2)17-24)35-32-23-7-10-25(11-8-23)42-19-38/h3-19H,1-2H3,(H,39,40,41). The lowest BCUT2D eigenvalue weighted by atomic mass is 10.1. The number of carbonyl (C=O) groups is 1. The first-order valence-electron chi connectivity index (χ1n) is 12.9. The topological polar surface area (TPSA) is 155 Å². The van der Waals surface area contributed by atoms with E-state index in [4.69, 9.17) is 4.74 Å². The zero-order valence-corrected chi connectivity index (χ0v) is 23.8. The van der Waals surface area contributed by atoms with Gasteiger partial charge in [0.25, 0.3) is 16.6 Å². The van der Waals surface area contributed by atoms with E-state index in [2.05, 4.69) is 30.7 Å². The zero-order valence-electron chi connectivity index (χ0n) is 23.0. The van der Waals surface area contributed by atoms with Gasteiger partial charge in [-0.15, -0.1) is 10.2 Å². The normalized spacial score (nSPS) is 12.1. The number of benzene rings is 5. The van der Waals surface area contributed by atoms with E-state index in [1.807, 2.05) is 38.1 Å². The highest BCUT2D eigenvalue weighted by molar-refractivity contribution is 7.85. The van der Waals surface area contributed by atoms with Crippen molar-refractivity contribution >= 4 is 61.5 Å². The molecule has 5 aromatic rings. The molecule has 0 atom stereocenters. The Balaban J connectivity index is 1.43. The first-order chi connectivity index (χ1) is 20.7. The summed E-state index contributed by atoms with van der Waals surface area (Å²) in [5.74, 6) is 0.406. The molecule has 0 fully saturated rings. The summed E-state index contributed by atoms with van der Waals surface area (Å²) in [5, 5.41) is 26.9. The third-order valence-electron chi connectivity index (χ3n) is 6.29. The maximum absolute atomic E-state index is 11.9. The van der Waals surface area contributed by atoms with Crippen LogP contribution in [0.2, 0.25) is 0 Å². The van der Waals surface area contributed by atoms with Gasteiger partial charge >= 0.3 is 0 Å². The summed E-state index contributed by atoms with van der Waals surface area (Å²) in [7, 11) is -4.46. The molecule has 0 amide bonds. The van der Waals surface area contributed by atoms with Crippen LogP contribution in [0.4, 0.5) is 34.1 Å². The van der Waals surface area contributed by atoms with Crippen LogP contribution >= 0.6 is 0 Å². The van der Waals surface area contributed by atoms with Gasteiger partial charge < -0.3 is 4.74 Å². The van der Waals surface area contributed by atoms with Gasteiger partial charge in [0.2, 0.25) is 0 Å². The molecule has 11 nitrogen and oxygen atoms in total. The lowest BCUT2D eigenvalue weighted by Crippen LogP contribution is -1.97. The molecule has 0 unspecified atom stereocenters. The van der Waals surface area contributed by atoms with Crippen LogP contribution in [0.25, 0.3) is 10.8 Å². The Bertz CT molecular complexity index is 2010. The molecule has 214 valence electrons. The van der Waals surface area contributed by atoms with Crippen molar-refractivity contribution in [1.29, 1.82) is 0 Å². The number of rotatable bonds is 9. The van der Waals surface area contributed by atoms with Crippen LogP contribution in [-0.2, 0) is 14.9 Å². The van der Waals surface area contributed by atoms with E-state index in [0.29, 0.717) is 57.1 Å². The Hall–Kier alpha value is -5.46. The lowest BCUT2D eigenvalue weighted by molar-refractivity contribution is -0.120. The highest BCUT2D eigenvalue weighted by Gasteiger charge is 2.14. The Morgan fingerprint density at radius 3 is 1.74 bits per heavy atom. The van der Waals surface area contributed by atoms with Gasteiger partial charge in [-0.05, 0) is 98.3 Å².